The predicted molar refractivity (Wildman–Crippen MR) is 191 cm³/mol. The van der Waals surface area contributed by atoms with Crippen LogP contribution in [0.3, 0.4) is 0 Å². The average Bonchev–Trinajstić information content (AvgIpc) is 3.64. The Kier molecular flexibility index (Phi) is 9.89. The zero-order valence-electron chi connectivity index (χ0n) is 28.7. The molecule has 0 radical (unpaired) electrons. The van der Waals surface area contributed by atoms with Crippen molar-refractivity contribution < 1.29 is 27.5 Å². The Morgan fingerprint density at radius 2 is 1.68 bits per heavy atom. The standard InChI is InChI=1S/C38H45N5O6S/c1-37(2,39)36(46)41-32(21-27-23-40-31-16-10-8-13-28(27)31)35(45)42-19-17-38(18-20-42)22-33(29-14-7-9-15-30(29)38)43(50(3,47)48)24-34(44)49-25-26-11-5-4-6-12-26/h4-16,23,32-33,40H,17-22,24-25,39H2,1-3H3,(H,41,46)/t32?,33-/m1/s1. The molecule has 1 spiro atoms. The molecule has 1 aliphatic carbocycles. The van der Waals surface area contributed by atoms with E-state index in [4.69, 9.17) is 10.5 Å². The molecule has 4 aromatic rings. The lowest BCUT2D eigenvalue weighted by molar-refractivity contribution is -0.145. The molecule has 2 amide bonds. The second-order valence-corrected chi connectivity index (χ2v) is 16.1. The highest BCUT2D eigenvalue weighted by Crippen LogP contribution is 2.53. The fourth-order valence-electron chi connectivity index (χ4n) is 7.40. The largest absolute Gasteiger partial charge is 0.460 e. The fraction of sp³-hybridized carbons (Fsp3) is 0.395. The van der Waals surface area contributed by atoms with Gasteiger partial charge >= 0.3 is 5.97 Å². The molecule has 1 fully saturated rings. The van der Waals surface area contributed by atoms with Crippen LogP contribution in [0.5, 0.6) is 0 Å². The topological polar surface area (TPSA) is 155 Å². The van der Waals surface area contributed by atoms with Gasteiger partial charge in [0.15, 0.2) is 0 Å². The quantitative estimate of drug-likeness (QED) is 0.200. The molecule has 1 aromatic heterocycles. The highest BCUT2D eigenvalue weighted by molar-refractivity contribution is 7.88. The lowest BCUT2D eigenvalue weighted by Crippen LogP contribution is -2.58. The van der Waals surface area contributed by atoms with Gasteiger partial charge in [0, 0.05) is 42.0 Å². The van der Waals surface area contributed by atoms with Crippen LogP contribution < -0.4 is 11.1 Å². The molecule has 264 valence electrons. The molecule has 50 heavy (non-hydrogen) atoms. The Morgan fingerprint density at radius 1 is 1.02 bits per heavy atom. The van der Waals surface area contributed by atoms with E-state index >= 15 is 0 Å². The third-order valence-electron chi connectivity index (χ3n) is 10.1. The van der Waals surface area contributed by atoms with Crippen LogP contribution >= 0.6 is 0 Å². The normalized spacial score (nSPS) is 17.9. The summed E-state index contributed by atoms with van der Waals surface area (Å²) < 4.78 is 33.2. The molecule has 2 aliphatic rings. The highest BCUT2D eigenvalue weighted by Gasteiger charge is 2.49. The van der Waals surface area contributed by atoms with Crippen molar-refractivity contribution in [1.82, 2.24) is 19.5 Å². The zero-order chi connectivity index (χ0) is 35.7. The van der Waals surface area contributed by atoms with Crippen molar-refractivity contribution >= 4 is 38.7 Å². The number of esters is 1. The number of H-pyrrole nitrogens is 1. The number of nitrogens with zero attached hydrogens (tertiary/aromatic N) is 2. The lowest BCUT2D eigenvalue weighted by atomic mass is 9.73. The Labute approximate surface area is 293 Å². The number of rotatable bonds is 11. The summed E-state index contributed by atoms with van der Waals surface area (Å²) in [7, 11) is -3.81. The van der Waals surface area contributed by atoms with Gasteiger partial charge in [-0.2, -0.15) is 4.31 Å². The van der Waals surface area contributed by atoms with Crippen molar-refractivity contribution in [3.63, 3.8) is 0 Å². The number of fused-ring (bicyclic) bond motifs is 3. The van der Waals surface area contributed by atoms with E-state index < -0.39 is 51.5 Å². The number of hydrogen-bond acceptors (Lipinski definition) is 7. The number of piperidine rings is 1. The van der Waals surface area contributed by atoms with Crippen LogP contribution in [-0.2, 0) is 47.6 Å². The first-order chi connectivity index (χ1) is 23.7. The van der Waals surface area contributed by atoms with Gasteiger partial charge in [-0.25, -0.2) is 8.42 Å². The molecule has 1 saturated heterocycles. The molecule has 3 aromatic carbocycles. The van der Waals surface area contributed by atoms with Crippen LogP contribution in [0.25, 0.3) is 10.9 Å². The maximum Gasteiger partial charge on any atom is 0.321 e. The zero-order valence-corrected chi connectivity index (χ0v) is 29.5. The molecule has 0 saturated carbocycles. The maximum atomic E-state index is 14.2. The first-order valence-electron chi connectivity index (χ1n) is 16.9. The molecule has 6 rings (SSSR count). The number of nitrogens with one attached hydrogen (secondary N) is 2. The van der Waals surface area contributed by atoms with E-state index in [1.54, 1.807) is 18.7 Å². The average molecular weight is 700 g/mol. The van der Waals surface area contributed by atoms with E-state index in [0.29, 0.717) is 38.8 Å². The van der Waals surface area contributed by atoms with Gasteiger partial charge in [0.25, 0.3) is 0 Å². The van der Waals surface area contributed by atoms with Gasteiger partial charge < -0.3 is 25.7 Å². The fourth-order valence-corrected chi connectivity index (χ4v) is 8.39. The van der Waals surface area contributed by atoms with Gasteiger partial charge in [-0.05, 0) is 61.4 Å². The first kappa shape index (κ1) is 35.3. The summed E-state index contributed by atoms with van der Waals surface area (Å²) in [6, 6.07) is 23.5. The van der Waals surface area contributed by atoms with E-state index in [0.717, 1.165) is 39.4 Å². The SMILES string of the molecule is CC(C)(N)C(=O)NC(Cc1c[nH]c2ccccc12)C(=O)N1CCC2(CC1)C[C@@H](N(CC(=O)OCc1ccccc1)S(C)(=O)=O)c1ccccc12. The smallest absolute Gasteiger partial charge is 0.321 e. The number of sulfonamides is 1. The number of para-hydroxylation sites is 1. The minimum Gasteiger partial charge on any atom is -0.460 e. The van der Waals surface area contributed by atoms with Gasteiger partial charge in [-0.15, -0.1) is 0 Å². The number of ether oxygens (including phenoxy) is 1. The molecule has 2 heterocycles. The molecular formula is C38H45N5O6S. The van der Waals surface area contributed by atoms with E-state index in [-0.39, 0.29) is 12.5 Å². The Hall–Kier alpha value is -4.52. The van der Waals surface area contributed by atoms with Crippen LogP contribution in [0.1, 0.15) is 61.4 Å². The van der Waals surface area contributed by atoms with Crippen LogP contribution in [0.15, 0.2) is 85.1 Å². The summed E-state index contributed by atoms with van der Waals surface area (Å²) in [6.45, 7) is 3.71. The van der Waals surface area contributed by atoms with Crippen LogP contribution in [-0.4, -0.2) is 77.9 Å². The number of carbonyl (C=O) groups excluding carboxylic acids is 3. The summed E-state index contributed by atoms with van der Waals surface area (Å²) >= 11 is 0. The second-order valence-electron chi connectivity index (χ2n) is 14.2. The second kappa shape index (κ2) is 14.0. The van der Waals surface area contributed by atoms with Crippen molar-refractivity contribution in [3.8, 4) is 0 Å². The van der Waals surface area contributed by atoms with Crippen LogP contribution in [0.2, 0.25) is 0 Å². The van der Waals surface area contributed by atoms with Crippen LogP contribution in [0.4, 0.5) is 0 Å². The molecular weight excluding hydrogens is 655 g/mol. The number of aromatic amines is 1. The van der Waals surface area contributed by atoms with E-state index in [1.807, 2.05) is 85.1 Å². The highest BCUT2D eigenvalue weighted by atomic mass is 32.2. The number of nitrogens with two attached hydrogens (primary N) is 1. The number of likely N-dealkylation sites (tertiary alicyclic amines) is 1. The number of benzene rings is 3. The number of aromatic nitrogens is 1. The summed E-state index contributed by atoms with van der Waals surface area (Å²) in [6.07, 6.45) is 4.95. The third kappa shape index (κ3) is 7.47. The third-order valence-corrected chi connectivity index (χ3v) is 11.3. The van der Waals surface area contributed by atoms with Gasteiger partial charge in [0.2, 0.25) is 21.8 Å². The lowest BCUT2D eigenvalue weighted by Gasteiger charge is -2.42. The van der Waals surface area contributed by atoms with Crippen molar-refractivity contribution in [3.05, 3.63) is 107 Å². The van der Waals surface area contributed by atoms with Crippen molar-refractivity contribution in [1.29, 1.82) is 0 Å². The molecule has 4 N–H and O–H groups in total. The Balaban J connectivity index is 1.19. The minimum atomic E-state index is -3.81. The number of hydrogen-bond donors (Lipinski definition) is 3. The summed E-state index contributed by atoms with van der Waals surface area (Å²) in [5, 5.41) is 3.91. The van der Waals surface area contributed by atoms with Gasteiger partial charge in [-0.1, -0.05) is 72.8 Å². The minimum absolute atomic E-state index is 0.0524. The van der Waals surface area contributed by atoms with Crippen LogP contribution in [0, 0.1) is 0 Å². The van der Waals surface area contributed by atoms with Crippen molar-refractivity contribution in [2.24, 2.45) is 5.73 Å². The van der Waals surface area contributed by atoms with E-state index in [1.165, 1.54) is 4.31 Å². The van der Waals surface area contributed by atoms with Gasteiger partial charge in [-0.3, -0.25) is 14.4 Å². The first-order valence-corrected chi connectivity index (χ1v) is 18.8. The maximum absolute atomic E-state index is 14.2. The Bertz CT molecular complexity index is 1980. The van der Waals surface area contributed by atoms with Crippen molar-refractivity contribution in [2.75, 3.05) is 25.9 Å². The summed E-state index contributed by atoms with van der Waals surface area (Å²) in [5.41, 5.74) is 9.12. The van der Waals surface area contributed by atoms with E-state index in [2.05, 4.69) is 10.3 Å². The van der Waals surface area contributed by atoms with E-state index in [9.17, 15) is 22.8 Å². The number of carbonyl (C=O) groups is 3. The molecule has 1 aliphatic heterocycles. The predicted octanol–water partition coefficient (Wildman–Crippen LogP) is 3.94. The Morgan fingerprint density at radius 3 is 2.38 bits per heavy atom. The molecule has 11 nitrogen and oxygen atoms in total. The molecule has 1 unspecified atom stereocenters. The molecule has 0 bridgehead atoms. The summed E-state index contributed by atoms with van der Waals surface area (Å²) in [5.74, 6) is -1.23. The van der Waals surface area contributed by atoms with Crippen molar-refractivity contribution in [2.45, 2.75) is 69.2 Å². The summed E-state index contributed by atoms with van der Waals surface area (Å²) in [4.78, 5) is 45.3. The molecule has 2 atom stereocenters. The molecule has 12 heteroatoms. The van der Waals surface area contributed by atoms with Gasteiger partial charge in [0.1, 0.15) is 19.2 Å². The monoisotopic (exact) mass is 699 g/mol. The number of amides is 2. The van der Waals surface area contributed by atoms with Gasteiger partial charge in [0.05, 0.1) is 17.8 Å².